The van der Waals surface area contributed by atoms with Crippen LogP contribution in [0.25, 0.3) is 0 Å². The van der Waals surface area contributed by atoms with Gasteiger partial charge in [0.25, 0.3) is 0 Å². The van der Waals surface area contributed by atoms with Gasteiger partial charge in [-0.25, -0.2) is 4.79 Å². The van der Waals surface area contributed by atoms with Crippen LogP contribution in [0.15, 0.2) is 0 Å². The Bertz CT molecular complexity index is 514. The zero-order valence-corrected chi connectivity index (χ0v) is 15.1. The van der Waals surface area contributed by atoms with Crippen molar-refractivity contribution in [3.8, 4) is 0 Å². The van der Waals surface area contributed by atoms with Crippen molar-refractivity contribution in [1.29, 1.82) is 0 Å². The number of hydrogen-bond acceptors (Lipinski definition) is 5. The second-order valence-electron chi connectivity index (χ2n) is 7.57. The second kappa shape index (κ2) is 6.99. The van der Waals surface area contributed by atoms with Crippen molar-refractivity contribution < 1.29 is 23.9 Å². The van der Waals surface area contributed by atoms with Crippen LogP contribution in [0, 0.1) is 5.41 Å². The van der Waals surface area contributed by atoms with Gasteiger partial charge in [0.1, 0.15) is 12.1 Å². The molecule has 7 heteroatoms. The fourth-order valence-corrected chi connectivity index (χ4v) is 3.40. The maximum absolute atomic E-state index is 12.8. The minimum Gasteiger partial charge on any atom is -0.465 e. The largest absolute Gasteiger partial charge is 0.465 e. The molecule has 0 aromatic carbocycles. The quantitative estimate of drug-likeness (QED) is 0.732. The summed E-state index contributed by atoms with van der Waals surface area (Å²) >= 11 is 0. The lowest BCUT2D eigenvalue weighted by atomic mass is 9.78. The number of amides is 2. The van der Waals surface area contributed by atoms with Crippen molar-refractivity contribution in [3.05, 3.63) is 0 Å². The summed E-state index contributed by atoms with van der Waals surface area (Å²) in [5.41, 5.74) is -1.14. The lowest BCUT2D eigenvalue weighted by Gasteiger charge is -2.39. The fourth-order valence-electron chi connectivity index (χ4n) is 3.40. The Kier molecular flexibility index (Phi) is 5.40. The first-order valence-corrected chi connectivity index (χ1v) is 8.60. The Morgan fingerprint density at radius 1 is 1.21 bits per heavy atom. The SMILES string of the molecule is CCOC(=O)CN1CCC2(CCCN(C(=O)OC(C)(C)C)C2)C1=O. The number of likely N-dealkylation sites (tertiary alicyclic amines) is 2. The molecule has 2 aliphatic heterocycles. The standard InChI is InChI=1S/C17H28N2O5/c1-5-23-13(20)11-18-10-8-17(14(18)21)7-6-9-19(12-17)15(22)24-16(2,3)4/h5-12H2,1-4H3. The van der Waals surface area contributed by atoms with Crippen molar-refractivity contribution in [2.45, 2.75) is 52.6 Å². The monoisotopic (exact) mass is 340 g/mol. The van der Waals surface area contributed by atoms with Gasteiger partial charge >= 0.3 is 12.1 Å². The van der Waals surface area contributed by atoms with Gasteiger partial charge in [-0.05, 0) is 47.0 Å². The van der Waals surface area contributed by atoms with Crippen LogP contribution in [0.3, 0.4) is 0 Å². The van der Waals surface area contributed by atoms with E-state index in [-0.39, 0.29) is 24.5 Å². The molecule has 0 saturated carbocycles. The van der Waals surface area contributed by atoms with Gasteiger partial charge in [-0.15, -0.1) is 0 Å². The highest BCUT2D eigenvalue weighted by molar-refractivity contribution is 5.89. The average molecular weight is 340 g/mol. The Balaban J connectivity index is 2.01. The van der Waals surface area contributed by atoms with E-state index in [0.717, 1.165) is 12.8 Å². The van der Waals surface area contributed by atoms with Crippen LogP contribution in [-0.4, -0.2) is 66.2 Å². The average Bonchev–Trinajstić information content (AvgIpc) is 2.75. The number of nitrogens with zero attached hydrogens (tertiary/aromatic N) is 2. The maximum atomic E-state index is 12.8. The van der Waals surface area contributed by atoms with Crippen LogP contribution >= 0.6 is 0 Å². The molecular weight excluding hydrogens is 312 g/mol. The molecule has 2 amide bonds. The third-order valence-corrected chi connectivity index (χ3v) is 4.46. The normalized spacial score (nSPS) is 24.4. The van der Waals surface area contributed by atoms with Gasteiger partial charge in [0.15, 0.2) is 0 Å². The van der Waals surface area contributed by atoms with Crippen LogP contribution in [0.4, 0.5) is 4.79 Å². The van der Waals surface area contributed by atoms with Crippen molar-refractivity contribution in [3.63, 3.8) is 0 Å². The molecule has 0 aromatic rings. The molecular formula is C17H28N2O5. The lowest BCUT2D eigenvalue weighted by molar-refractivity contribution is -0.150. The molecule has 2 saturated heterocycles. The highest BCUT2D eigenvalue weighted by Crippen LogP contribution is 2.40. The summed E-state index contributed by atoms with van der Waals surface area (Å²) in [6, 6.07) is 0. The Morgan fingerprint density at radius 3 is 2.54 bits per heavy atom. The number of hydrogen-bond donors (Lipinski definition) is 0. The van der Waals surface area contributed by atoms with Crippen molar-refractivity contribution in [2.75, 3.05) is 32.8 Å². The molecule has 2 aliphatic rings. The Morgan fingerprint density at radius 2 is 1.92 bits per heavy atom. The molecule has 7 nitrogen and oxygen atoms in total. The maximum Gasteiger partial charge on any atom is 0.410 e. The summed E-state index contributed by atoms with van der Waals surface area (Å²) in [6.45, 7) is 9.00. The van der Waals surface area contributed by atoms with E-state index >= 15 is 0 Å². The van der Waals surface area contributed by atoms with E-state index in [4.69, 9.17) is 9.47 Å². The minimum atomic E-state index is -0.582. The van der Waals surface area contributed by atoms with Gasteiger partial charge in [0.2, 0.25) is 5.91 Å². The molecule has 1 atom stereocenters. The van der Waals surface area contributed by atoms with Crippen LogP contribution < -0.4 is 0 Å². The van der Waals surface area contributed by atoms with E-state index in [9.17, 15) is 14.4 Å². The lowest BCUT2D eigenvalue weighted by Crippen LogP contribution is -2.51. The Labute approximate surface area is 143 Å². The molecule has 24 heavy (non-hydrogen) atoms. The molecule has 2 rings (SSSR count). The fraction of sp³-hybridized carbons (Fsp3) is 0.824. The number of carbonyl (C=O) groups excluding carboxylic acids is 3. The van der Waals surface area contributed by atoms with E-state index in [1.807, 2.05) is 20.8 Å². The third-order valence-electron chi connectivity index (χ3n) is 4.46. The number of piperidine rings is 1. The zero-order chi connectivity index (χ0) is 18.0. The van der Waals surface area contributed by atoms with Crippen molar-refractivity contribution in [2.24, 2.45) is 5.41 Å². The first-order chi connectivity index (χ1) is 11.2. The van der Waals surface area contributed by atoms with Gasteiger partial charge < -0.3 is 19.3 Å². The highest BCUT2D eigenvalue weighted by atomic mass is 16.6. The predicted molar refractivity (Wildman–Crippen MR) is 87.3 cm³/mol. The molecule has 0 N–H and O–H groups in total. The summed E-state index contributed by atoms with van der Waals surface area (Å²) < 4.78 is 10.4. The third kappa shape index (κ3) is 4.19. The molecule has 1 spiro atoms. The van der Waals surface area contributed by atoms with Crippen LogP contribution in [0.5, 0.6) is 0 Å². The van der Waals surface area contributed by atoms with E-state index in [0.29, 0.717) is 32.7 Å². The molecule has 136 valence electrons. The first kappa shape index (κ1) is 18.5. The van der Waals surface area contributed by atoms with Crippen LogP contribution in [0.2, 0.25) is 0 Å². The number of carbonyl (C=O) groups is 3. The Hall–Kier alpha value is -1.79. The number of rotatable bonds is 3. The van der Waals surface area contributed by atoms with Crippen LogP contribution in [-0.2, 0) is 19.1 Å². The first-order valence-electron chi connectivity index (χ1n) is 8.60. The number of esters is 1. The zero-order valence-electron chi connectivity index (χ0n) is 15.1. The summed E-state index contributed by atoms with van der Waals surface area (Å²) in [7, 11) is 0. The molecule has 0 bridgehead atoms. The van der Waals surface area contributed by atoms with Crippen LogP contribution in [0.1, 0.15) is 47.0 Å². The molecule has 0 aromatic heterocycles. The number of ether oxygens (including phenoxy) is 2. The summed E-state index contributed by atoms with van der Waals surface area (Å²) in [5.74, 6) is -0.438. The van der Waals surface area contributed by atoms with Crippen molar-refractivity contribution in [1.82, 2.24) is 9.80 Å². The van der Waals surface area contributed by atoms with E-state index < -0.39 is 11.0 Å². The summed E-state index contributed by atoms with van der Waals surface area (Å²) in [4.78, 5) is 39.9. The molecule has 1 unspecified atom stereocenters. The molecule has 0 radical (unpaired) electrons. The summed E-state index contributed by atoms with van der Waals surface area (Å²) in [5, 5.41) is 0. The second-order valence-corrected chi connectivity index (χ2v) is 7.57. The molecule has 0 aliphatic carbocycles. The van der Waals surface area contributed by atoms with Gasteiger partial charge in [0, 0.05) is 19.6 Å². The predicted octanol–water partition coefficient (Wildman–Crippen LogP) is 1.80. The minimum absolute atomic E-state index is 0.0130. The van der Waals surface area contributed by atoms with Gasteiger partial charge in [-0.3, -0.25) is 9.59 Å². The van der Waals surface area contributed by atoms with E-state index in [2.05, 4.69) is 0 Å². The summed E-state index contributed by atoms with van der Waals surface area (Å²) in [6.07, 6.45) is 1.78. The topological polar surface area (TPSA) is 76.2 Å². The van der Waals surface area contributed by atoms with E-state index in [1.54, 1.807) is 16.7 Å². The van der Waals surface area contributed by atoms with Gasteiger partial charge in [-0.2, -0.15) is 0 Å². The van der Waals surface area contributed by atoms with Gasteiger partial charge in [-0.1, -0.05) is 0 Å². The highest BCUT2D eigenvalue weighted by Gasteiger charge is 2.50. The molecule has 2 heterocycles. The molecule has 2 fully saturated rings. The smallest absolute Gasteiger partial charge is 0.410 e. The van der Waals surface area contributed by atoms with E-state index in [1.165, 1.54) is 0 Å². The van der Waals surface area contributed by atoms with Crippen molar-refractivity contribution >= 4 is 18.0 Å². The van der Waals surface area contributed by atoms with Gasteiger partial charge in [0.05, 0.1) is 12.0 Å².